The first-order valence-corrected chi connectivity index (χ1v) is 11.6. The van der Waals surface area contributed by atoms with Crippen molar-refractivity contribution in [3.05, 3.63) is 106 Å². The second-order valence-electron chi connectivity index (χ2n) is 7.63. The molecule has 0 fully saturated rings. The predicted molar refractivity (Wildman–Crippen MR) is 132 cm³/mol. The molecular weight excluding hydrogens is 467 g/mol. The molecule has 0 aliphatic carbocycles. The number of para-hydroxylation sites is 1. The molecule has 0 unspecified atom stereocenters. The third-order valence-electron chi connectivity index (χ3n) is 5.23. The number of halogens is 1. The van der Waals surface area contributed by atoms with Gasteiger partial charge in [-0.1, -0.05) is 30.0 Å². The number of anilines is 2. The van der Waals surface area contributed by atoms with Gasteiger partial charge >= 0.3 is 0 Å². The number of hydrogen-bond donors (Lipinski definition) is 3. The number of hydrogen-bond acceptors (Lipinski definition) is 6. The number of carbonyl (C=O) groups excluding carboxylic acids is 2. The number of rotatable bonds is 7. The highest BCUT2D eigenvalue weighted by molar-refractivity contribution is 8.03. The third-order valence-corrected chi connectivity index (χ3v) is 6.24. The molecule has 0 radical (unpaired) electrons. The van der Waals surface area contributed by atoms with Crippen LogP contribution in [0.15, 0.2) is 99.3 Å². The summed E-state index contributed by atoms with van der Waals surface area (Å²) in [5, 5.41) is 19.2. The van der Waals surface area contributed by atoms with Gasteiger partial charge in [-0.2, -0.15) is 5.26 Å². The zero-order chi connectivity index (χ0) is 24.8. The standard InChI is InChI=1S/C26H21FN4O3S/c1-16-23(25(33)31-18-6-3-2-4-7-18)24(21-8-5-13-34-21)20(14-28)26(29-16)35-15-22(32)30-19-11-9-17(27)10-12-19/h2-13,24,29H,15H2,1H3,(H,30,32)(H,31,33)/t24-/m1/s1. The van der Waals surface area contributed by atoms with Crippen molar-refractivity contribution in [1.82, 2.24) is 5.32 Å². The summed E-state index contributed by atoms with van der Waals surface area (Å²) in [6.07, 6.45) is 1.48. The van der Waals surface area contributed by atoms with Crippen LogP contribution in [0.3, 0.4) is 0 Å². The Kier molecular flexibility index (Phi) is 7.33. The number of amides is 2. The number of dihydropyridines is 1. The molecule has 2 aromatic carbocycles. The summed E-state index contributed by atoms with van der Waals surface area (Å²) in [5.41, 5.74) is 2.24. The molecule has 0 saturated carbocycles. The predicted octanol–water partition coefficient (Wildman–Crippen LogP) is 5.13. The lowest BCUT2D eigenvalue weighted by Gasteiger charge is -2.28. The zero-order valence-corrected chi connectivity index (χ0v) is 19.5. The van der Waals surface area contributed by atoms with Gasteiger partial charge in [0.15, 0.2) is 0 Å². The van der Waals surface area contributed by atoms with Crippen LogP contribution in [0.25, 0.3) is 0 Å². The van der Waals surface area contributed by atoms with Gasteiger partial charge < -0.3 is 20.4 Å². The lowest BCUT2D eigenvalue weighted by Crippen LogP contribution is -2.31. The minimum atomic E-state index is -0.748. The van der Waals surface area contributed by atoms with Crippen LogP contribution in [0.2, 0.25) is 0 Å². The minimum absolute atomic E-state index is 0.00537. The Labute approximate surface area is 205 Å². The van der Waals surface area contributed by atoms with Crippen LogP contribution < -0.4 is 16.0 Å². The van der Waals surface area contributed by atoms with E-state index < -0.39 is 11.7 Å². The molecule has 1 atom stereocenters. The maximum atomic E-state index is 13.3. The fraction of sp³-hybridized carbons (Fsp3) is 0.115. The average molecular weight is 489 g/mol. The second-order valence-corrected chi connectivity index (χ2v) is 8.62. The van der Waals surface area contributed by atoms with Crippen molar-refractivity contribution in [2.75, 3.05) is 16.4 Å². The van der Waals surface area contributed by atoms with Crippen LogP contribution in [0.5, 0.6) is 0 Å². The lowest BCUT2D eigenvalue weighted by molar-refractivity contribution is -0.114. The van der Waals surface area contributed by atoms with Gasteiger partial charge in [0.25, 0.3) is 5.91 Å². The van der Waals surface area contributed by atoms with Gasteiger partial charge in [0, 0.05) is 17.1 Å². The van der Waals surface area contributed by atoms with E-state index in [0.29, 0.717) is 33.4 Å². The molecule has 3 aromatic rings. The molecule has 176 valence electrons. The van der Waals surface area contributed by atoms with E-state index >= 15 is 0 Å². The van der Waals surface area contributed by atoms with Crippen molar-refractivity contribution in [2.24, 2.45) is 0 Å². The molecule has 4 rings (SSSR count). The van der Waals surface area contributed by atoms with E-state index in [2.05, 4.69) is 22.0 Å². The summed E-state index contributed by atoms with van der Waals surface area (Å²) in [7, 11) is 0. The van der Waals surface area contributed by atoms with Gasteiger partial charge in [0.1, 0.15) is 11.6 Å². The second kappa shape index (κ2) is 10.8. The van der Waals surface area contributed by atoms with Crippen molar-refractivity contribution in [3.63, 3.8) is 0 Å². The topological polar surface area (TPSA) is 107 Å². The van der Waals surface area contributed by atoms with Gasteiger partial charge in [0.2, 0.25) is 5.91 Å². The fourth-order valence-electron chi connectivity index (χ4n) is 3.66. The van der Waals surface area contributed by atoms with Crippen LogP contribution in [0, 0.1) is 17.1 Å². The first-order chi connectivity index (χ1) is 17.0. The molecule has 0 spiro atoms. The van der Waals surface area contributed by atoms with E-state index in [4.69, 9.17) is 4.42 Å². The van der Waals surface area contributed by atoms with Crippen molar-refractivity contribution in [1.29, 1.82) is 5.26 Å². The van der Waals surface area contributed by atoms with E-state index in [0.717, 1.165) is 11.8 Å². The summed E-state index contributed by atoms with van der Waals surface area (Å²) in [6.45, 7) is 1.74. The van der Waals surface area contributed by atoms with Crippen LogP contribution >= 0.6 is 11.8 Å². The smallest absolute Gasteiger partial charge is 0.254 e. The number of benzene rings is 2. The first kappa shape index (κ1) is 23.9. The number of nitrogens with zero attached hydrogens (tertiary/aromatic N) is 1. The Morgan fingerprint density at radius 1 is 1.06 bits per heavy atom. The van der Waals surface area contributed by atoms with E-state index in [1.165, 1.54) is 30.5 Å². The Bertz CT molecular complexity index is 1330. The van der Waals surface area contributed by atoms with E-state index in [1.54, 1.807) is 31.2 Å². The molecule has 1 aliphatic rings. The first-order valence-electron chi connectivity index (χ1n) is 10.7. The number of nitrogens with one attached hydrogen (secondary N) is 3. The van der Waals surface area contributed by atoms with Crippen molar-refractivity contribution < 1.29 is 18.4 Å². The highest BCUT2D eigenvalue weighted by atomic mass is 32.2. The molecule has 2 heterocycles. The van der Waals surface area contributed by atoms with Crippen LogP contribution in [0.1, 0.15) is 18.6 Å². The van der Waals surface area contributed by atoms with Crippen molar-refractivity contribution in [3.8, 4) is 6.07 Å². The van der Waals surface area contributed by atoms with E-state index in [9.17, 15) is 19.2 Å². The minimum Gasteiger partial charge on any atom is -0.468 e. The Morgan fingerprint density at radius 2 is 1.77 bits per heavy atom. The Balaban J connectivity index is 1.57. The van der Waals surface area contributed by atoms with Gasteiger partial charge in [-0.15, -0.1) is 0 Å². The summed E-state index contributed by atoms with van der Waals surface area (Å²) in [6, 6.07) is 20.0. The van der Waals surface area contributed by atoms with Gasteiger partial charge in [-0.05, 0) is 55.5 Å². The van der Waals surface area contributed by atoms with Crippen LogP contribution in [0.4, 0.5) is 15.8 Å². The molecule has 9 heteroatoms. The van der Waals surface area contributed by atoms with Gasteiger partial charge in [0.05, 0.1) is 40.2 Å². The molecule has 1 aliphatic heterocycles. The van der Waals surface area contributed by atoms with Gasteiger partial charge in [-0.25, -0.2) is 4.39 Å². The Morgan fingerprint density at radius 3 is 2.43 bits per heavy atom. The number of allylic oxidation sites excluding steroid dienone is 2. The highest BCUT2D eigenvalue weighted by Gasteiger charge is 2.36. The quantitative estimate of drug-likeness (QED) is 0.426. The molecule has 7 nitrogen and oxygen atoms in total. The zero-order valence-electron chi connectivity index (χ0n) is 18.7. The SMILES string of the molecule is CC1=C(C(=O)Nc2ccccc2)[C@@H](c2ccco2)C(C#N)=C(SCC(=O)Nc2ccc(F)cc2)N1. The molecule has 0 saturated heterocycles. The van der Waals surface area contributed by atoms with Gasteiger partial charge in [-0.3, -0.25) is 9.59 Å². The monoisotopic (exact) mass is 488 g/mol. The largest absolute Gasteiger partial charge is 0.468 e. The number of furan rings is 1. The highest BCUT2D eigenvalue weighted by Crippen LogP contribution is 2.41. The van der Waals surface area contributed by atoms with Crippen LogP contribution in [-0.4, -0.2) is 17.6 Å². The summed E-state index contributed by atoms with van der Waals surface area (Å²) < 4.78 is 18.7. The summed E-state index contributed by atoms with van der Waals surface area (Å²) in [5.74, 6) is -1.40. The summed E-state index contributed by atoms with van der Waals surface area (Å²) in [4.78, 5) is 25.7. The lowest BCUT2D eigenvalue weighted by atomic mass is 9.85. The van der Waals surface area contributed by atoms with Crippen molar-refractivity contribution >= 4 is 35.0 Å². The van der Waals surface area contributed by atoms with E-state index in [1.807, 2.05) is 18.2 Å². The number of nitriles is 1. The maximum absolute atomic E-state index is 13.3. The molecule has 3 N–H and O–H groups in total. The number of thioether (sulfide) groups is 1. The normalized spacial score (nSPS) is 15.3. The summed E-state index contributed by atoms with van der Waals surface area (Å²) >= 11 is 1.14. The third kappa shape index (κ3) is 5.62. The molecule has 2 amide bonds. The molecule has 0 bridgehead atoms. The molecular formula is C26H21FN4O3S. The average Bonchev–Trinajstić information content (AvgIpc) is 3.39. The molecule has 1 aromatic heterocycles. The Hall–Kier alpha value is -4.29. The van der Waals surface area contributed by atoms with Crippen LogP contribution in [-0.2, 0) is 9.59 Å². The molecule has 35 heavy (non-hydrogen) atoms. The van der Waals surface area contributed by atoms with E-state index in [-0.39, 0.29) is 23.1 Å². The van der Waals surface area contributed by atoms with Crippen molar-refractivity contribution in [2.45, 2.75) is 12.8 Å². The fourth-order valence-corrected chi connectivity index (χ4v) is 4.55. The maximum Gasteiger partial charge on any atom is 0.254 e. The number of carbonyl (C=O) groups is 2.